The van der Waals surface area contributed by atoms with Crippen LogP contribution < -0.4 is 9.47 Å². The summed E-state index contributed by atoms with van der Waals surface area (Å²) in [6.07, 6.45) is 0. The maximum absolute atomic E-state index is 6.20. The third kappa shape index (κ3) is 2.74. The van der Waals surface area contributed by atoms with Crippen LogP contribution in [-0.4, -0.2) is 14.2 Å². The maximum Gasteiger partial charge on any atom is 0.130 e. The zero-order valence-electron chi connectivity index (χ0n) is 10.9. The highest BCUT2D eigenvalue weighted by Crippen LogP contribution is 2.35. The summed E-state index contributed by atoms with van der Waals surface area (Å²) in [5.41, 5.74) is 2.62. The van der Waals surface area contributed by atoms with Crippen molar-refractivity contribution in [3.05, 3.63) is 65.2 Å². The lowest BCUT2D eigenvalue weighted by molar-refractivity contribution is 0.393. The fourth-order valence-corrected chi connectivity index (χ4v) is 2.15. The van der Waals surface area contributed by atoms with Crippen LogP contribution in [-0.2, 0) is 0 Å². The fraction of sp³-hybridized carbons (Fsp3) is 0.125. The van der Waals surface area contributed by atoms with Crippen molar-refractivity contribution >= 4 is 17.2 Å². The number of ether oxygens (including phenoxy) is 2. The summed E-state index contributed by atoms with van der Waals surface area (Å²) in [5, 5.41) is 0.672. The molecule has 0 aromatic heterocycles. The van der Waals surface area contributed by atoms with Gasteiger partial charge in [0.2, 0.25) is 0 Å². The van der Waals surface area contributed by atoms with Crippen LogP contribution in [0.25, 0.3) is 5.57 Å². The van der Waals surface area contributed by atoms with Crippen LogP contribution in [0.3, 0.4) is 0 Å². The van der Waals surface area contributed by atoms with E-state index in [-0.39, 0.29) is 0 Å². The topological polar surface area (TPSA) is 18.5 Å². The summed E-state index contributed by atoms with van der Waals surface area (Å²) < 4.78 is 10.6. The molecule has 0 aliphatic rings. The van der Waals surface area contributed by atoms with Crippen molar-refractivity contribution < 1.29 is 9.47 Å². The minimum absolute atomic E-state index is 0.672. The number of benzene rings is 2. The van der Waals surface area contributed by atoms with Crippen molar-refractivity contribution in [2.75, 3.05) is 14.2 Å². The van der Waals surface area contributed by atoms with Gasteiger partial charge < -0.3 is 9.47 Å². The molecule has 0 fully saturated rings. The summed E-state index contributed by atoms with van der Waals surface area (Å²) in [4.78, 5) is 0. The van der Waals surface area contributed by atoms with Gasteiger partial charge in [0.1, 0.15) is 11.5 Å². The van der Waals surface area contributed by atoms with Crippen molar-refractivity contribution in [2.45, 2.75) is 0 Å². The van der Waals surface area contributed by atoms with Crippen LogP contribution in [0.5, 0.6) is 11.5 Å². The van der Waals surface area contributed by atoms with E-state index in [1.54, 1.807) is 14.2 Å². The molecule has 0 heterocycles. The highest BCUT2D eigenvalue weighted by Gasteiger charge is 2.12. The summed E-state index contributed by atoms with van der Waals surface area (Å²) in [6.45, 7) is 4.11. The standard InChI is InChI=1S/C16H15ClO2/c1-11(13-6-4-5-7-15(13)17)14-9-8-12(18-2)10-16(14)19-3/h4-10H,1H2,2-3H3. The predicted molar refractivity (Wildman–Crippen MR) is 79.1 cm³/mol. The Hall–Kier alpha value is -1.93. The number of hydrogen-bond acceptors (Lipinski definition) is 2. The Kier molecular flexibility index (Phi) is 4.13. The van der Waals surface area contributed by atoms with Crippen LogP contribution in [0, 0.1) is 0 Å². The second kappa shape index (κ2) is 5.81. The smallest absolute Gasteiger partial charge is 0.130 e. The van der Waals surface area contributed by atoms with Crippen molar-refractivity contribution in [1.82, 2.24) is 0 Å². The molecular weight excluding hydrogens is 260 g/mol. The molecule has 0 amide bonds. The Bertz CT molecular complexity index is 605. The van der Waals surface area contributed by atoms with Gasteiger partial charge in [-0.1, -0.05) is 36.4 Å². The molecule has 0 spiro atoms. The first kappa shape index (κ1) is 13.5. The first-order valence-corrected chi connectivity index (χ1v) is 6.21. The average molecular weight is 275 g/mol. The van der Waals surface area contributed by atoms with E-state index < -0.39 is 0 Å². The van der Waals surface area contributed by atoms with Crippen LogP contribution in [0.4, 0.5) is 0 Å². The molecule has 0 aliphatic carbocycles. The molecule has 0 atom stereocenters. The molecule has 98 valence electrons. The third-order valence-corrected chi connectivity index (χ3v) is 3.26. The minimum Gasteiger partial charge on any atom is -0.497 e. The molecular formula is C16H15ClO2. The lowest BCUT2D eigenvalue weighted by Gasteiger charge is -2.13. The van der Waals surface area contributed by atoms with Gasteiger partial charge in [0.15, 0.2) is 0 Å². The van der Waals surface area contributed by atoms with Gasteiger partial charge in [-0.15, -0.1) is 0 Å². The molecule has 0 saturated carbocycles. The molecule has 2 nitrogen and oxygen atoms in total. The Morgan fingerprint density at radius 2 is 1.74 bits per heavy atom. The molecule has 2 aromatic carbocycles. The van der Waals surface area contributed by atoms with E-state index in [1.165, 1.54) is 0 Å². The SMILES string of the molecule is C=C(c1ccccc1Cl)c1ccc(OC)cc1OC. The van der Waals surface area contributed by atoms with Crippen LogP contribution in [0.15, 0.2) is 49.0 Å². The van der Waals surface area contributed by atoms with Gasteiger partial charge in [-0.25, -0.2) is 0 Å². The van der Waals surface area contributed by atoms with Gasteiger partial charge in [-0.2, -0.15) is 0 Å². The van der Waals surface area contributed by atoms with Gasteiger partial charge in [-0.3, -0.25) is 0 Å². The van der Waals surface area contributed by atoms with Gasteiger partial charge >= 0.3 is 0 Å². The zero-order valence-corrected chi connectivity index (χ0v) is 11.7. The first-order chi connectivity index (χ1) is 9.17. The molecule has 2 rings (SSSR count). The minimum atomic E-state index is 0.672. The molecule has 0 aliphatic heterocycles. The normalized spacial score (nSPS) is 10.1. The van der Waals surface area contributed by atoms with Gasteiger partial charge in [0, 0.05) is 22.2 Å². The molecule has 0 N–H and O–H groups in total. The Balaban J connectivity index is 2.47. The third-order valence-electron chi connectivity index (χ3n) is 2.93. The van der Waals surface area contributed by atoms with Crippen molar-refractivity contribution in [1.29, 1.82) is 0 Å². The fourth-order valence-electron chi connectivity index (χ4n) is 1.90. The van der Waals surface area contributed by atoms with Crippen LogP contribution >= 0.6 is 11.6 Å². The van der Waals surface area contributed by atoms with Crippen molar-refractivity contribution in [3.63, 3.8) is 0 Å². The van der Waals surface area contributed by atoms with Crippen LogP contribution in [0.1, 0.15) is 11.1 Å². The molecule has 2 aromatic rings. The van der Waals surface area contributed by atoms with E-state index in [0.29, 0.717) is 10.8 Å². The Labute approximate surface area is 118 Å². The molecule has 0 radical (unpaired) electrons. The first-order valence-electron chi connectivity index (χ1n) is 5.83. The number of hydrogen-bond donors (Lipinski definition) is 0. The van der Waals surface area contributed by atoms with E-state index >= 15 is 0 Å². The van der Waals surface area contributed by atoms with E-state index in [0.717, 1.165) is 22.4 Å². The van der Waals surface area contributed by atoms with E-state index in [9.17, 15) is 0 Å². The molecule has 0 saturated heterocycles. The molecule has 19 heavy (non-hydrogen) atoms. The Morgan fingerprint density at radius 1 is 1.00 bits per heavy atom. The van der Waals surface area contributed by atoms with Crippen molar-refractivity contribution in [2.24, 2.45) is 0 Å². The van der Waals surface area contributed by atoms with E-state index in [4.69, 9.17) is 21.1 Å². The zero-order chi connectivity index (χ0) is 13.8. The van der Waals surface area contributed by atoms with Gasteiger partial charge in [0.25, 0.3) is 0 Å². The number of rotatable bonds is 4. The predicted octanol–water partition coefficient (Wildman–Crippen LogP) is 4.42. The quantitative estimate of drug-likeness (QED) is 0.822. The lowest BCUT2D eigenvalue weighted by Crippen LogP contribution is -1.94. The van der Waals surface area contributed by atoms with Gasteiger partial charge in [-0.05, 0) is 23.8 Å². The monoisotopic (exact) mass is 274 g/mol. The lowest BCUT2D eigenvalue weighted by atomic mass is 9.98. The maximum atomic E-state index is 6.20. The summed E-state index contributed by atoms with van der Waals surface area (Å²) >= 11 is 6.20. The highest BCUT2D eigenvalue weighted by molar-refractivity contribution is 6.32. The number of methoxy groups -OCH3 is 2. The Morgan fingerprint density at radius 3 is 2.37 bits per heavy atom. The van der Waals surface area contributed by atoms with Crippen LogP contribution in [0.2, 0.25) is 5.02 Å². The highest BCUT2D eigenvalue weighted by atomic mass is 35.5. The molecule has 0 bridgehead atoms. The van der Waals surface area contributed by atoms with Gasteiger partial charge in [0.05, 0.1) is 14.2 Å². The van der Waals surface area contributed by atoms with Crippen molar-refractivity contribution in [3.8, 4) is 11.5 Å². The average Bonchev–Trinajstić information content (AvgIpc) is 2.46. The second-order valence-electron chi connectivity index (χ2n) is 4.02. The number of halogens is 1. The summed E-state index contributed by atoms with van der Waals surface area (Å²) in [6, 6.07) is 13.2. The molecule has 0 unspecified atom stereocenters. The largest absolute Gasteiger partial charge is 0.497 e. The van der Waals surface area contributed by atoms with E-state index in [2.05, 4.69) is 6.58 Å². The van der Waals surface area contributed by atoms with E-state index in [1.807, 2.05) is 42.5 Å². The summed E-state index contributed by atoms with van der Waals surface area (Å²) in [5.74, 6) is 1.46. The second-order valence-corrected chi connectivity index (χ2v) is 4.43. The summed E-state index contributed by atoms with van der Waals surface area (Å²) in [7, 11) is 3.25. The molecule has 3 heteroatoms.